The molecule has 2 aliphatic rings. The summed E-state index contributed by atoms with van der Waals surface area (Å²) in [6.07, 6.45) is 17.2. The summed E-state index contributed by atoms with van der Waals surface area (Å²) >= 11 is 0. The highest BCUT2D eigenvalue weighted by Crippen LogP contribution is 2.40. The van der Waals surface area contributed by atoms with Crippen molar-refractivity contribution in [2.45, 2.75) is 25.2 Å². The summed E-state index contributed by atoms with van der Waals surface area (Å²) in [6.45, 7) is 0. The first-order valence-electron chi connectivity index (χ1n) is 13.2. The first-order chi connectivity index (χ1) is 18.4. The van der Waals surface area contributed by atoms with E-state index in [1.54, 1.807) is 0 Å². The minimum atomic E-state index is 0.409. The SMILES string of the molecule is C1=CC(c2ccccc2N(C2=CC[C@H](c3ccccc3)C=C2)c2ccc(-c3ccccc3)cc2)=CCC1. The molecule has 4 aromatic carbocycles. The zero-order valence-electron chi connectivity index (χ0n) is 21.0. The molecule has 0 unspecified atom stereocenters. The summed E-state index contributed by atoms with van der Waals surface area (Å²) in [5, 5.41) is 0. The van der Waals surface area contributed by atoms with Gasteiger partial charge in [-0.3, -0.25) is 0 Å². The van der Waals surface area contributed by atoms with Crippen molar-refractivity contribution in [1.29, 1.82) is 0 Å². The van der Waals surface area contributed by atoms with Crippen molar-refractivity contribution in [3.05, 3.63) is 162 Å². The lowest BCUT2D eigenvalue weighted by Gasteiger charge is -2.31. The average molecular weight is 478 g/mol. The van der Waals surface area contributed by atoms with Crippen molar-refractivity contribution < 1.29 is 0 Å². The van der Waals surface area contributed by atoms with Gasteiger partial charge in [0.05, 0.1) is 5.69 Å². The van der Waals surface area contributed by atoms with Crippen LogP contribution in [0.3, 0.4) is 0 Å². The van der Waals surface area contributed by atoms with Gasteiger partial charge >= 0.3 is 0 Å². The van der Waals surface area contributed by atoms with Gasteiger partial charge in [0.2, 0.25) is 0 Å². The summed E-state index contributed by atoms with van der Waals surface area (Å²) in [4.78, 5) is 2.42. The smallest absolute Gasteiger partial charge is 0.0539 e. The van der Waals surface area contributed by atoms with Crippen LogP contribution < -0.4 is 4.90 Å². The van der Waals surface area contributed by atoms with Crippen molar-refractivity contribution in [3.8, 4) is 11.1 Å². The molecule has 0 amide bonds. The lowest BCUT2D eigenvalue weighted by molar-refractivity contribution is 0.840. The fourth-order valence-corrected chi connectivity index (χ4v) is 5.31. The van der Waals surface area contributed by atoms with Crippen LogP contribution in [0.1, 0.15) is 36.3 Å². The van der Waals surface area contributed by atoms with Gasteiger partial charge in [-0.25, -0.2) is 0 Å². The van der Waals surface area contributed by atoms with Crippen LogP contribution >= 0.6 is 0 Å². The standard InChI is InChI=1S/C36H31N/c1-4-12-28(13-5-1)30-20-24-33(25-21-30)37(34-26-22-31(23-27-34)29-14-6-2-7-15-29)36-19-11-10-18-35(36)32-16-8-3-9-17-32/h1-2,4-8,10-22,24-27,31H,3,9,23H2/t31-/m1/s1. The molecular weight excluding hydrogens is 446 g/mol. The molecule has 1 nitrogen and oxygen atoms in total. The Morgan fingerprint density at radius 3 is 2.00 bits per heavy atom. The molecule has 4 aromatic rings. The maximum atomic E-state index is 2.42. The van der Waals surface area contributed by atoms with Crippen LogP contribution in [0, 0.1) is 0 Å². The number of anilines is 2. The third-order valence-electron chi connectivity index (χ3n) is 7.25. The summed E-state index contributed by atoms with van der Waals surface area (Å²) in [5.41, 5.74) is 10.00. The number of rotatable bonds is 6. The van der Waals surface area contributed by atoms with Crippen LogP contribution in [-0.4, -0.2) is 0 Å². The van der Waals surface area contributed by atoms with E-state index in [2.05, 4.69) is 151 Å². The molecule has 0 N–H and O–H groups in total. The number of hydrogen-bond acceptors (Lipinski definition) is 1. The van der Waals surface area contributed by atoms with E-state index in [4.69, 9.17) is 0 Å². The third kappa shape index (κ3) is 4.99. The minimum absolute atomic E-state index is 0.409. The largest absolute Gasteiger partial charge is 0.310 e. The summed E-state index contributed by atoms with van der Waals surface area (Å²) in [6, 6.07) is 39.2. The van der Waals surface area contributed by atoms with Crippen molar-refractivity contribution in [1.82, 2.24) is 0 Å². The van der Waals surface area contributed by atoms with Crippen LogP contribution in [0.15, 0.2) is 151 Å². The Hall–Kier alpha value is -4.36. The molecule has 6 rings (SSSR count). The number of para-hydroxylation sites is 1. The zero-order valence-corrected chi connectivity index (χ0v) is 21.0. The molecule has 0 saturated heterocycles. The number of nitrogens with zero attached hydrogens (tertiary/aromatic N) is 1. The predicted octanol–water partition coefficient (Wildman–Crippen LogP) is 9.85. The second-order valence-electron chi connectivity index (χ2n) is 9.65. The van der Waals surface area contributed by atoms with E-state index in [1.165, 1.54) is 44.9 Å². The normalized spacial score (nSPS) is 16.7. The van der Waals surface area contributed by atoms with Crippen LogP contribution in [0.2, 0.25) is 0 Å². The summed E-state index contributed by atoms with van der Waals surface area (Å²) in [5.74, 6) is 0.409. The fraction of sp³-hybridized carbons (Fsp3) is 0.111. The summed E-state index contributed by atoms with van der Waals surface area (Å²) in [7, 11) is 0. The Morgan fingerprint density at radius 1 is 0.595 bits per heavy atom. The van der Waals surface area contributed by atoms with Crippen molar-refractivity contribution in [2.75, 3.05) is 4.90 Å². The number of benzene rings is 4. The van der Waals surface area contributed by atoms with Crippen molar-refractivity contribution >= 4 is 16.9 Å². The van der Waals surface area contributed by atoms with Gasteiger partial charge in [-0.15, -0.1) is 0 Å². The molecule has 0 bridgehead atoms. The molecule has 1 heteroatoms. The molecule has 2 aliphatic carbocycles. The Bertz CT molecular complexity index is 1470. The van der Waals surface area contributed by atoms with Gasteiger partial charge in [0, 0.05) is 22.9 Å². The second kappa shape index (κ2) is 10.7. The molecule has 0 spiro atoms. The van der Waals surface area contributed by atoms with E-state index in [0.717, 1.165) is 19.3 Å². The predicted molar refractivity (Wildman–Crippen MR) is 158 cm³/mol. The van der Waals surface area contributed by atoms with E-state index < -0.39 is 0 Å². The van der Waals surface area contributed by atoms with Gasteiger partial charge in [0.15, 0.2) is 0 Å². The zero-order chi connectivity index (χ0) is 24.9. The van der Waals surface area contributed by atoms with Gasteiger partial charge < -0.3 is 4.90 Å². The maximum Gasteiger partial charge on any atom is 0.0539 e. The van der Waals surface area contributed by atoms with Crippen molar-refractivity contribution in [3.63, 3.8) is 0 Å². The molecule has 0 saturated carbocycles. The molecule has 180 valence electrons. The second-order valence-corrected chi connectivity index (χ2v) is 9.65. The first kappa shape index (κ1) is 23.1. The first-order valence-corrected chi connectivity index (χ1v) is 13.2. The van der Waals surface area contributed by atoms with Gasteiger partial charge in [-0.1, -0.05) is 121 Å². The Balaban J connectivity index is 1.41. The Morgan fingerprint density at radius 2 is 1.30 bits per heavy atom. The van der Waals surface area contributed by atoms with E-state index >= 15 is 0 Å². The maximum absolute atomic E-state index is 2.42. The number of hydrogen-bond donors (Lipinski definition) is 0. The molecular formula is C36H31N. The molecule has 1 atom stereocenters. The van der Waals surface area contributed by atoms with Crippen LogP contribution in [0.5, 0.6) is 0 Å². The lowest BCUT2D eigenvalue weighted by Crippen LogP contribution is -2.18. The Kier molecular flexibility index (Phi) is 6.68. The van der Waals surface area contributed by atoms with E-state index in [0.29, 0.717) is 5.92 Å². The van der Waals surface area contributed by atoms with Gasteiger partial charge in [0.1, 0.15) is 0 Å². The topological polar surface area (TPSA) is 3.24 Å². The highest BCUT2D eigenvalue weighted by atomic mass is 15.1. The van der Waals surface area contributed by atoms with E-state index in [-0.39, 0.29) is 0 Å². The quantitative estimate of drug-likeness (QED) is 0.267. The molecule has 0 heterocycles. The van der Waals surface area contributed by atoms with Crippen LogP contribution in [0.4, 0.5) is 11.4 Å². The van der Waals surface area contributed by atoms with Crippen LogP contribution in [-0.2, 0) is 0 Å². The monoisotopic (exact) mass is 477 g/mol. The molecule has 0 radical (unpaired) electrons. The van der Waals surface area contributed by atoms with Gasteiger partial charge in [0.25, 0.3) is 0 Å². The highest BCUT2D eigenvalue weighted by Gasteiger charge is 2.21. The van der Waals surface area contributed by atoms with Crippen molar-refractivity contribution in [2.24, 2.45) is 0 Å². The van der Waals surface area contributed by atoms with Crippen LogP contribution in [0.25, 0.3) is 16.7 Å². The lowest BCUT2D eigenvalue weighted by atomic mass is 9.91. The van der Waals surface area contributed by atoms with Gasteiger partial charge in [-0.05, 0) is 65.8 Å². The Labute approximate surface area is 220 Å². The number of allylic oxidation sites excluding steroid dienone is 7. The van der Waals surface area contributed by atoms with E-state index in [1.807, 2.05) is 0 Å². The third-order valence-corrected chi connectivity index (χ3v) is 7.25. The summed E-state index contributed by atoms with van der Waals surface area (Å²) < 4.78 is 0. The fourth-order valence-electron chi connectivity index (χ4n) is 5.31. The molecule has 37 heavy (non-hydrogen) atoms. The van der Waals surface area contributed by atoms with Gasteiger partial charge in [-0.2, -0.15) is 0 Å². The van der Waals surface area contributed by atoms with E-state index in [9.17, 15) is 0 Å². The minimum Gasteiger partial charge on any atom is -0.310 e. The molecule has 0 fully saturated rings. The molecule has 0 aliphatic heterocycles. The molecule has 0 aromatic heterocycles. The average Bonchev–Trinajstić information content (AvgIpc) is 3.00. The highest BCUT2D eigenvalue weighted by molar-refractivity contribution is 5.87.